The van der Waals surface area contributed by atoms with Crippen LogP contribution in [0.25, 0.3) is 0 Å². The van der Waals surface area contributed by atoms with Gasteiger partial charge in [-0.2, -0.15) is 0 Å². The van der Waals surface area contributed by atoms with Crippen LogP contribution in [0.2, 0.25) is 5.02 Å². The topological polar surface area (TPSA) is 54.0 Å². The van der Waals surface area contributed by atoms with E-state index < -0.39 is 5.54 Å². The van der Waals surface area contributed by atoms with Gasteiger partial charge < -0.3 is 10.6 Å². The van der Waals surface area contributed by atoms with E-state index in [1.807, 2.05) is 79.7 Å². The Balaban J connectivity index is 1.76. The summed E-state index contributed by atoms with van der Waals surface area (Å²) in [5, 5.41) is 6.86. The second-order valence-electron chi connectivity index (χ2n) is 7.69. The van der Waals surface area contributed by atoms with Crippen LogP contribution in [0.4, 0.5) is 10.5 Å². The lowest BCUT2D eigenvalue weighted by Gasteiger charge is -2.35. The zero-order valence-electron chi connectivity index (χ0n) is 17.8. The Morgan fingerprint density at radius 2 is 1.59 bits per heavy atom. The van der Waals surface area contributed by atoms with Gasteiger partial charge in [-0.1, -0.05) is 78.3 Å². The van der Waals surface area contributed by atoms with Crippen LogP contribution >= 0.6 is 11.6 Å². The number of nitrogens with one attached hydrogen (secondary N) is 2. The average Bonchev–Trinajstić information content (AvgIpc) is 2.83. The van der Waals surface area contributed by atoms with Crippen LogP contribution in [-0.2, 0) is 12.0 Å². The fraction of sp³-hybridized carbons (Fsp3) is 0.111. The summed E-state index contributed by atoms with van der Waals surface area (Å²) in [6.45, 7) is 1.91. The first-order valence-electron chi connectivity index (χ1n) is 10.4. The lowest BCUT2D eigenvalue weighted by atomic mass is 9.80. The van der Waals surface area contributed by atoms with Crippen LogP contribution in [0.1, 0.15) is 22.4 Å². The van der Waals surface area contributed by atoms with E-state index >= 15 is 0 Å². The molecule has 0 bridgehead atoms. The monoisotopic (exact) mass is 441 g/mol. The fourth-order valence-corrected chi connectivity index (χ4v) is 3.96. The normalized spacial score (nSPS) is 12.6. The van der Waals surface area contributed by atoms with Crippen LogP contribution in [-0.4, -0.2) is 11.0 Å². The minimum atomic E-state index is -0.866. The lowest BCUT2D eigenvalue weighted by Crippen LogP contribution is -2.50. The molecule has 0 aliphatic heterocycles. The third kappa shape index (κ3) is 4.82. The molecular weight excluding hydrogens is 418 g/mol. The smallest absolute Gasteiger partial charge is 0.320 e. The van der Waals surface area contributed by atoms with Crippen LogP contribution < -0.4 is 10.6 Å². The van der Waals surface area contributed by atoms with Crippen molar-refractivity contribution in [1.29, 1.82) is 0 Å². The number of rotatable bonds is 6. The molecule has 0 spiro atoms. The number of urea groups is 1. The van der Waals surface area contributed by atoms with Crippen molar-refractivity contribution in [2.45, 2.75) is 18.9 Å². The molecule has 0 radical (unpaired) electrons. The number of pyridine rings is 1. The molecule has 2 N–H and O–H groups in total. The van der Waals surface area contributed by atoms with Gasteiger partial charge in [-0.05, 0) is 53.9 Å². The largest absolute Gasteiger partial charge is 0.322 e. The third-order valence-corrected chi connectivity index (χ3v) is 5.85. The van der Waals surface area contributed by atoms with E-state index in [1.54, 1.807) is 18.3 Å². The van der Waals surface area contributed by atoms with Gasteiger partial charge in [0.25, 0.3) is 0 Å². The quantitative estimate of drug-likeness (QED) is 0.366. The number of halogens is 1. The van der Waals surface area contributed by atoms with E-state index in [1.165, 1.54) is 0 Å². The molecule has 0 saturated carbocycles. The molecule has 1 atom stereocenters. The van der Waals surface area contributed by atoms with Gasteiger partial charge in [0.2, 0.25) is 0 Å². The third-order valence-electron chi connectivity index (χ3n) is 5.42. The number of benzene rings is 3. The minimum Gasteiger partial charge on any atom is -0.322 e. The molecule has 0 aliphatic rings. The van der Waals surface area contributed by atoms with Gasteiger partial charge >= 0.3 is 6.03 Å². The highest BCUT2D eigenvalue weighted by Gasteiger charge is 2.37. The van der Waals surface area contributed by atoms with Crippen LogP contribution in [0, 0.1) is 6.92 Å². The van der Waals surface area contributed by atoms with Crippen molar-refractivity contribution in [2.24, 2.45) is 0 Å². The molecule has 1 unspecified atom stereocenters. The molecule has 160 valence electrons. The summed E-state index contributed by atoms with van der Waals surface area (Å²) in [6, 6.07) is 30.9. The van der Waals surface area contributed by atoms with E-state index in [9.17, 15) is 4.79 Å². The molecule has 0 aliphatic carbocycles. The number of carbonyl (C=O) groups is 1. The van der Waals surface area contributed by atoms with Crippen molar-refractivity contribution in [3.05, 3.63) is 131 Å². The highest BCUT2D eigenvalue weighted by Crippen LogP contribution is 2.32. The highest BCUT2D eigenvalue weighted by atomic mass is 35.5. The number of carbonyl (C=O) groups excluding carboxylic acids is 1. The molecular formula is C27H24ClN3O. The standard InChI is InChI=1S/C27H24ClN3O/c1-20-18-23(15-16-24(20)28)30-26(32)31-27(22-12-6-3-7-13-22,25-14-8-9-17-29-25)19-21-10-4-2-5-11-21/h2-18H,19H2,1H3,(H2,30,31,32). The first-order valence-corrected chi connectivity index (χ1v) is 10.8. The first-order chi connectivity index (χ1) is 15.6. The summed E-state index contributed by atoms with van der Waals surface area (Å²) in [6.07, 6.45) is 2.29. The average molecular weight is 442 g/mol. The van der Waals surface area contributed by atoms with Gasteiger partial charge in [-0.3, -0.25) is 4.98 Å². The second kappa shape index (κ2) is 9.67. The van der Waals surface area contributed by atoms with Crippen LogP contribution in [0.5, 0.6) is 0 Å². The molecule has 2 amide bonds. The van der Waals surface area contributed by atoms with E-state index in [0.717, 1.165) is 22.4 Å². The molecule has 4 nitrogen and oxygen atoms in total. The number of anilines is 1. The number of aryl methyl sites for hydroxylation is 1. The Morgan fingerprint density at radius 1 is 0.906 bits per heavy atom. The molecule has 4 rings (SSSR count). The van der Waals surface area contributed by atoms with E-state index in [2.05, 4.69) is 27.8 Å². The van der Waals surface area contributed by atoms with E-state index in [4.69, 9.17) is 11.6 Å². The maximum atomic E-state index is 13.3. The second-order valence-corrected chi connectivity index (χ2v) is 8.10. The summed E-state index contributed by atoms with van der Waals surface area (Å²) < 4.78 is 0. The Labute approximate surface area is 193 Å². The van der Waals surface area contributed by atoms with Gasteiger partial charge in [0.1, 0.15) is 5.54 Å². The predicted octanol–water partition coefficient (Wildman–Crippen LogP) is 6.35. The molecule has 1 heterocycles. The number of amides is 2. The van der Waals surface area contributed by atoms with Gasteiger partial charge in [0, 0.05) is 23.3 Å². The molecule has 0 fully saturated rings. The Kier molecular flexibility index (Phi) is 6.52. The lowest BCUT2D eigenvalue weighted by molar-refractivity contribution is 0.241. The van der Waals surface area contributed by atoms with Gasteiger partial charge in [-0.25, -0.2) is 4.79 Å². The van der Waals surface area contributed by atoms with Crippen LogP contribution in [0.15, 0.2) is 103 Å². The predicted molar refractivity (Wildman–Crippen MR) is 130 cm³/mol. The molecule has 0 saturated heterocycles. The highest BCUT2D eigenvalue weighted by molar-refractivity contribution is 6.31. The van der Waals surface area contributed by atoms with Crippen LogP contribution in [0.3, 0.4) is 0 Å². The molecule has 32 heavy (non-hydrogen) atoms. The Hall–Kier alpha value is -3.63. The molecule has 1 aromatic heterocycles. The number of hydrogen-bond acceptors (Lipinski definition) is 2. The maximum absolute atomic E-state index is 13.3. The summed E-state index contributed by atoms with van der Waals surface area (Å²) in [5.41, 5.74) is 3.50. The van der Waals surface area contributed by atoms with Crippen molar-refractivity contribution in [1.82, 2.24) is 10.3 Å². The first kappa shape index (κ1) is 21.6. The number of aromatic nitrogens is 1. The molecule has 3 aromatic carbocycles. The van der Waals surface area contributed by atoms with Crippen molar-refractivity contribution in [3.63, 3.8) is 0 Å². The van der Waals surface area contributed by atoms with Gasteiger partial charge in [-0.15, -0.1) is 0 Å². The molecule has 5 heteroatoms. The maximum Gasteiger partial charge on any atom is 0.320 e. The zero-order valence-corrected chi connectivity index (χ0v) is 18.5. The fourth-order valence-electron chi connectivity index (χ4n) is 3.84. The minimum absolute atomic E-state index is 0.322. The number of hydrogen-bond donors (Lipinski definition) is 2. The van der Waals surface area contributed by atoms with Crippen molar-refractivity contribution >= 4 is 23.3 Å². The SMILES string of the molecule is Cc1cc(NC(=O)NC(Cc2ccccc2)(c2ccccc2)c2ccccn2)ccc1Cl. The summed E-state index contributed by atoms with van der Waals surface area (Å²) in [4.78, 5) is 17.9. The van der Waals surface area contributed by atoms with Crippen molar-refractivity contribution in [3.8, 4) is 0 Å². The Bertz CT molecular complexity index is 1140. The van der Waals surface area contributed by atoms with Crippen molar-refractivity contribution < 1.29 is 4.79 Å². The van der Waals surface area contributed by atoms with Gasteiger partial charge in [0.15, 0.2) is 0 Å². The number of nitrogens with zero attached hydrogens (tertiary/aromatic N) is 1. The van der Waals surface area contributed by atoms with E-state index in [0.29, 0.717) is 17.1 Å². The summed E-state index contributed by atoms with van der Waals surface area (Å²) in [7, 11) is 0. The van der Waals surface area contributed by atoms with Gasteiger partial charge in [0.05, 0.1) is 5.69 Å². The molecule has 4 aromatic rings. The Morgan fingerprint density at radius 3 is 2.25 bits per heavy atom. The van der Waals surface area contributed by atoms with E-state index in [-0.39, 0.29) is 6.03 Å². The van der Waals surface area contributed by atoms with Crippen molar-refractivity contribution in [2.75, 3.05) is 5.32 Å². The summed E-state index contributed by atoms with van der Waals surface area (Å²) in [5.74, 6) is 0. The zero-order chi connectivity index (χ0) is 22.4. The summed E-state index contributed by atoms with van der Waals surface area (Å²) >= 11 is 6.14.